The molecule has 0 fully saturated rings. The van der Waals surface area contributed by atoms with E-state index in [0.717, 1.165) is 0 Å². The van der Waals surface area contributed by atoms with E-state index in [0.29, 0.717) is 0 Å². The van der Waals surface area contributed by atoms with Gasteiger partial charge in [0.1, 0.15) is 0 Å². The molecule has 47 heavy (non-hydrogen) atoms. The van der Waals surface area contributed by atoms with Crippen molar-refractivity contribution < 1.29 is 0 Å². The lowest BCUT2D eigenvalue weighted by atomic mass is 9.31. The topological polar surface area (TPSA) is 4.93 Å². The zero-order chi connectivity index (χ0) is 30.4. The number of benzene rings is 7. The van der Waals surface area contributed by atoms with Crippen LogP contribution in [0.3, 0.4) is 0 Å². The van der Waals surface area contributed by atoms with Gasteiger partial charge in [0.2, 0.25) is 13.4 Å². The van der Waals surface area contributed by atoms with Crippen LogP contribution in [0, 0.1) is 0 Å². The van der Waals surface area contributed by atoms with Gasteiger partial charge in [0, 0.05) is 47.1 Å². The van der Waals surface area contributed by atoms with Crippen molar-refractivity contribution in [2.24, 2.45) is 0 Å². The number of hydrogen-bond acceptors (Lipinski definition) is 2. The monoisotopic (exact) mass is 627 g/mol. The fraction of sp³-hybridized carbons (Fsp3) is 0. The molecule has 4 aliphatic rings. The van der Waals surface area contributed by atoms with E-state index in [2.05, 4.69) is 144 Å². The first-order chi connectivity index (χ1) is 23.3. The number of nitrogens with zero attached hydrogens (tertiary/aromatic N) is 1. The molecule has 12 rings (SSSR count). The van der Waals surface area contributed by atoms with Crippen molar-refractivity contribution in [2.45, 2.75) is 19.6 Å². The predicted octanol–water partition coefficient (Wildman–Crippen LogP) is 6.71. The Bertz CT molecular complexity index is 2520. The SMILES string of the molecule is c1ccc(-c2cc3c4c(c2)c2cc(-c5ccccc5)cc5c2n4-c2c4c(cc6c2B5c2ccccc2S6)Sc2ccccc2B43)cc1. The minimum Gasteiger partial charge on any atom is -0.311 e. The van der Waals surface area contributed by atoms with Gasteiger partial charge in [0.25, 0.3) is 0 Å². The van der Waals surface area contributed by atoms with Crippen LogP contribution in [0.25, 0.3) is 49.7 Å². The van der Waals surface area contributed by atoms with E-state index in [1.807, 2.05) is 23.5 Å². The van der Waals surface area contributed by atoms with Gasteiger partial charge in [-0.1, -0.05) is 144 Å². The molecular weight excluding hydrogens is 604 g/mol. The van der Waals surface area contributed by atoms with Crippen LogP contribution in [0.1, 0.15) is 0 Å². The molecule has 8 aromatic rings. The summed E-state index contributed by atoms with van der Waals surface area (Å²) in [7, 11) is 0. The quantitative estimate of drug-likeness (QED) is 0.197. The number of aromatic nitrogens is 1. The summed E-state index contributed by atoms with van der Waals surface area (Å²) < 4.78 is 2.70. The van der Waals surface area contributed by atoms with E-state index in [9.17, 15) is 0 Å². The third kappa shape index (κ3) is 3.17. The van der Waals surface area contributed by atoms with Crippen molar-refractivity contribution in [3.8, 4) is 27.9 Å². The second-order valence-corrected chi connectivity index (χ2v) is 15.4. The highest BCUT2D eigenvalue weighted by Gasteiger charge is 2.47. The van der Waals surface area contributed by atoms with Gasteiger partial charge < -0.3 is 4.57 Å². The summed E-state index contributed by atoms with van der Waals surface area (Å²) in [5, 5.41) is 2.71. The second kappa shape index (κ2) is 8.95. The van der Waals surface area contributed by atoms with Crippen LogP contribution >= 0.6 is 23.5 Å². The molecule has 0 radical (unpaired) electrons. The van der Waals surface area contributed by atoms with Gasteiger partial charge >= 0.3 is 0 Å². The first-order valence-electron chi connectivity index (χ1n) is 16.3. The lowest BCUT2D eigenvalue weighted by Crippen LogP contribution is -2.65. The summed E-state index contributed by atoms with van der Waals surface area (Å²) in [5.41, 5.74) is 18.0. The Labute approximate surface area is 281 Å². The van der Waals surface area contributed by atoms with Crippen molar-refractivity contribution in [2.75, 3.05) is 0 Å². The zero-order valence-electron chi connectivity index (χ0n) is 25.2. The van der Waals surface area contributed by atoms with Crippen LogP contribution in [0.2, 0.25) is 0 Å². The Morgan fingerprint density at radius 1 is 0.383 bits per heavy atom. The highest BCUT2D eigenvalue weighted by Crippen LogP contribution is 2.45. The van der Waals surface area contributed by atoms with Gasteiger partial charge in [-0.15, -0.1) is 0 Å². The highest BCUT2D eigenvalue weighted by atomic mass is 32.2. The molecule has 7 aromatic carbocycles. The molecule has 0 spiro atoms. The van der Waals surface area contributed by atoms with Gasteiger partial charge in [-0.05, 0) is 74.4 Å². The van der Waals surface area contributed by atoms with Crippen molar-refractivity contribution in [1.82, 2.24) is 4.57 Å². The van der Waals surface area contributed by atoms with Gasteiger partial charge in [-0.25, -0.2) is 0 Å². The first-order valence-corrected chi connectivity index (χ1v) is 18.0. The summed E-state index contributed by atoms with van der Waals surface area (Å²) in [5.74, 6) is 0. The maximum atomic E-state index is 2.70. The predicted molar refractivity (Wildman–Crippen MR) is 202 cm³/mol. The Hall–Kier alpha value is -4.83. The van der Waals surface area contributed by atoms with E-state index < -0.39 is 0 Å². The molecule has 1 aromatic heterocycles. The maximum absolute atomic E-state index is 2.70. The lowest BCUT2D eigenvalue weighted by molar-refractivity contribution is 1.16. The molecule has 214 valence electrons. The van der Waals surface area contributed by atoms with Crippen molar-refractivity contribution in [1.29, 1.82) is 0 Å². The molecular formula is C42H23B2NS2. The summed E-state index contributed by atoms with van der Waals surface area (Å²) in [4.78, 5) is 5.56. The van der Waals surface area contributed by atoms with Crippen LogP contribution in [-0.4, -0.2) is 18.0 Å². The fourth-order valence-electron chi connectivity index (χ4n) is 9.03. The fourth-order valence-corrected chi connectivity index (χ4v) is 11.5. The van der Waals surface area contributed by atoms with Crippen LogP contribution in [0.4, 0.5) is 0 Å². The second-order valence-electron chi connectivity index (χ2n) is 13.2. The molecule has 0 saturated heterocycles. The van der Waals surface area contributed by atoms with E-state index in [-0.39, 0.29) is 13.4 Å². The van der Waals surface area contributed by atoms with E-state index in [4.69, 9.17) is 0 Å². The smallest absolute Gasteiger partial charge is 0.249 e. The molecule has 0 N–H and O–H groups in total. The summed E-state index contributed by atoms with van der Waals surface area (Å²) in [6.45, 7) is 0.368. The van der Waals surface area contributed by atoms with Gasteiger partial charge in [0.05, 0.1) is 0 Å². The number of rotatable bonds is 2. The Morgan fingerprint density at radius 3 is 1.32 bits per heavy atom. The van der Waals surface area contributed by atoms with Crippen LogP contribution in [0.5, 0.6) is 0 Å². The average molecular weight is 627 g/mol. The minimum atomic E-state index is 0.184. The summed E-state index contributed by atoms with van der Waals surface area (Å²) in [6.07, 6.45) is 0. The van der Waals surface area contributed by atoms with Crippen LogP contribution < -0.4 is 32.8 Å². The van der Waals surface area contributed by atoms with E-state index in [1.54, 1.807) is 0 Å². The Kier molecular flexibility index (Phi) is 4.81. The molecule has 5 heterocycles. The lowest BCUT2D eigenvalue weighted by Gasteiger charge is -2.40. The largest absolute Gasteiger partial charge is 0.311 e. The molecule has 4 aliphatic heterocycles. The Balaban J connectivity index is 1.33. The average Bonchev–Trinajstić information content (AvgIpc) is 3.47. The summed E-state index contributed by atoms with van der Waals surface area (Å²) >= 11 is 3.92. The van der Waals surface area contributed by atoms with Crippen molar-refractivity contribution in [3.63, 3.8) is 0 Å². The zero-order valence-corrected chi connectivity index (χ0v) is 26.8. The van der Waals surface area contributed by atoms with Gasteiger partial charge in [-0.3, -0.25) is 0 Å². The molecule has 5 heteroatoms. The van der Waals surface area contributed by atoms with Gasteiger partial charge in [-0.2, -0.15) is 0 Å². The van der Waals surface area contributed by atoms with E-state index in [1.165, 1.54) is 102 Å². The first kappa shape index (κ1) is 25.3. The maximum Gasteiger partial charge on any atom is 0.249 e. The third-order valence-electron chi connectivity index (χ3n) is 10.9. The normalized spacial score (nSPS) is 14.1. The minimum absolute atomic E-state index is 0.184. The third-order valence-corrected chi connectivity index (χ3v) is 13.2. The molecule has 0 aliphatic carbocycles. The standard InChI is InChI=1S/C42H23B2NS2/c1-3-11-24(12-4-1)26-19-28-29-20-27(25-13-5-2-6-14-25)22-33-41(29)45-40(28)32(21-26)43-30-15-7-9-17-34(30)46-36-23-37-39(42(45)38(36)43)44(33)31-16-8-10-18-35(31)47-37/h1-23H. The van der Waals surface area contributed by atoms with Crippen LogP contribution in [0.15, 0.2) is 159 Å². The highest BCUT2D eigenvalue weighted by molar-refractivity contribution is 8.01. The molecule has 0 saturated carbocycles. The Morgan fingerprint density at radius 2 is 0.830 bits per heavy atom. The van der Waals surface area contributed by atoms with Gasteiger partial charge in [0.15, 0.2) is 0 Å². The molecule has 0 amide bonds. The summed E-state index contributed by atoms with van der Waals surface area (Å²) in [6, 6.07) is 52.7. The molecule has 1 nitrogen and oxygen atoms in total. The van der Waals surface area contributed by atoms with E-state index >= 15 is 0 Å². The number of hydrogen-bond donors (Lipinski definition) is 0. The number of fused-ring (bicyclic) bond motifs is 7. The van der Waals surface area contributed by atoms with Crippen molar-refractivity contribution >= 4 is 91.5 Å². The molecule has 0 atom stereocenters. The molecule has 0 bridgehead atoms. The van der Waals surface area contributed by atoms with Crippen molar-refractivity contribution in [3.05, 3.63) is 140 Å². The van der Waals surface area contributed by atoms with Crippen LogP contribution in [-0.2, 0) is 0 Å². The molecule has 0 unspecified atom stereocenters.